The summed E-state index contributed by atoms with van der Waals surface area (Å²) in [6, 6.07) is 0. The van der Waals surface area contributed by atoms with E-state index < -0.39 is 0 Å². The summed E-state index contributed by atoms with van der Waals surface area (Å²) in [4.78, 5) is 18.6. The summed E-state index contributed by atoms with van der Waals surface area (Å²) in [5, 5.41) is 3.31. The number of hydrogen-bond acceptors (Lipinski definition) is 3. The fourth-order valence-electron chi connectivity index (χ4n) is 2.53. The molecule has 1 fully saturated rings. The van der Waals surface area contributed by atoms with Crippen LogP contribution in [0, 0.1) is 5.41 Å². The Morgan fingerprint density at radius 3 is 2.89 bits per heavy atom. The molecule has 1 unspecified atom stereocenters. The second kappa shape index (κ2) is 6.39. The van der Waals surface area contributed by atoms with Crippen LogP contribution in [0.1, 0.15) is 25.6 Å². The lowest BCUT2D eigenvalue weighted by molar-refractivity contribution is -0.141. The van der Waals surface area contributed by atoms with Crippen LogP contribution in [-0.2, 0) is 18.4 Å². The Bertz CT molecular complexity index is 426. The Kier molecular flexibility index (Phi) is 5.38. The van der Waals surface area contributed by atoms with Crippen molar-refractivity contribution in [3.63, 3.8) is 0 Å². The number of rotatable bonds is 3. The van der Waals surface area contributed by atoms with E-state index in [1.807, 2.05) is 24.9 Å². The third-order valence-corrected chi connectivity index (χ3v) is 3.76. The Balaban J connectivity index is 0.00000180. The monoisotopic (exact) mass is 286 g/mol. The lowest BCUT2D eigenvalue weighted by Gasteiger charge is -2.35. The van der Waals surface area contributed by atoms with Gasteiger partial charge in [-0.3, -0.25) is 4.79 Å². The van der Waals surface area contributed by atoms with E-state index in [1.54, 1.807) is 11.1 Å². The second-order valence-electron chi connectivity index (χ2n) is 5.46. The van der Waals surface area contributed by atoms with Crippen LogP contribution >= 0.6 is 12.4 Å². The van der Waals surface area contributed by atoms with Crippen LogP contribution in [0.3, 0.4) is 0 Å². The van der Waals surface area contributed by atoms with E-state index in [1.165, 1.54) is 0 Å². The maximum absolute atomic E-state index is 12.5. The molecule has 1 saturated heterocycles. The van der Waals surface area contributed by atoms with E-state index in [9.17, 15) is 4.79 Å². The number of aromatic nitrogens is 2. The molecule has 1 amide bonds. The van der Waals surface area contributed by atoms with Gasteiger partial charge in [0.2, 0.25) is 5.91 Å². The molecule has 1 aromatic heterocycles. The first kappa shape index (κ1) is 16.0. The minimum atomic E-state index is -0.266. The smallest absolute Gasteiger partial charge is 0.229 e. The summed E-state index contributed by atoms with van der Waals surface area (Å²) >= 11 is 0. The standard InChI is InChI=1S/C13H22N4O.ClH/c1-13(5-4-6-14-10-13)12(18)17(3)9-11-15-7-8-16(11)2;/h7-8,14H,4-6,9-10H2,1-3H3;1H. The maximum atomic E-state index is 12.5. The Morgan fingerprint density at radius 1 is 1.63 bits per heavy atom. The average Bonchev–Trinajstić information content (AvgIpc) is 2.75. The minimum absolute atomic E-state index is 0. The van der Waals surface area contributed by atoms with Gasteiger partial charge in [0.25, 0.3) is 0 Å². The first-order valence-electron chi connectivity index (χ1n) is 6.45. The third kappa shape index (κ3) is 3.48. The van der Waals surface area contributed by atoms with Crippen molar-refractivity contribution in [3.05, 3.63) is 18.2 Å². The topological polar surface area (TPSA) is 50.2 Å². The van der Waals surface area contributed by atoms with Gasteiger partial charge in [0, 0.05) is 33.0 Å². The van der Waals surface area contributed by atoms with Gasteiger partial charge >= 0.3 is 0 Å². The molecule has 1 aliphatic rings. The molecule has 0 saturated carbocycles. The first-order chi connectivity index (χ1) is 8.53. The molecule has 1 atom stereocenters. The summed E-state index contributed by atoms with van der Waals surface area (Å²) in [6.07, 6.45) is 5.69. The van der Waals surface area contributed by atoms with Crippen molar-refractivity contribution in [2.75, 3.05) is 20.1 Å². The fourth-order valence-corrected chi connectivity index (χ4v) is 2.53. The van der Waals surface area contributed by atoms with Crippen molar-refractivity contribution in [2.24, 2.45) is 12.5 Å². The molecule has 0 bridgehead atoms. The molecule has 2 rings (SSSR count). The summed E-state index contributed by atoms with van der Waals surface area (Å²) in [5.41, 5.74) is -0.266. The Hall–Kier alpha value is -1.07. The summed E-state index contributed by atoms with van der Waals surface area (Å²) in [7, 11) is 3.81. The van der Waals surface area contributed by atoms with E-state index >= 15 is 0 Å². The number of aryl methyl sites for hydroxylation is 1. The molecule has 108 valence electrons. The summed E-state index contributed by atoms with van der Waals surface area (Å²) in [5.74, 6) is 1.12. The van der Waals surface area contributed by atoms with E-state index in [0.717, 1.165) is 31.8 Å². The minimum Gasteiger partial charge on any atom is -0.338 e. The fraction of sp³-hybridized carbons (Fsp3) is 0.692. The van der Waals surface area contributed by atoms with Crippen LogP contribution in [0.5, 0.6) is 0 Å². The molecule has 1 aromatic rings. The number of halogens is 1. The number of hydrogen-bond donors (Lipinski definition) is 1. The van der Waals surface area contributed by atoms with Crippen LogP contribution in [-0.4, -0.2) is 40.5 Å². The maximum Gasteiger partial charge on any atom is 0.229 e. The van der Waals surface area contributed by atoms with Gasteiger partial charge in [-0.1, -0.05) is 0 Å². The van der Waals surface area contributed by atoms with Gasteiger partial charge in [0.15, 0.2) is 0 Å². The second-order valence-corrected chi connectivity index (χ2v) is 5.46. The number of carbonyl (C=O) groups is 1. The molecule has 0 aliphatic carbocycles. The van der Waals surface area contributed by atoms with Gasteiger partial charge in [-0.25, -0.2) is 4.98 Å². The molecule has 2 heterocycles. The van der Waals surface area contributed by atoms with Crippen molar-refractivity contribution in [3.8, 4) is 0 Å². The summed E-state index contributed by atoms with van der Waals surface area (Å²) in [6.45, 7) is 4.41. The van der Waals surface area contributed by atoms with Gasteiger partial charge in [-0.2, -0.15) is 0 Å². The number of imidazole rings is 1. The van der Waals surface area contributed by atoms with Gasteiger partial charge in [-0.15, -0.1) is 12.4 Å². The van der Waals surface area contributed by atoms with Crippen molar-refractivity contribution in [1.82, 2.24) is 19.8 Å². The van der Waals surface area contributed by atoms with Gasteiger partial charge in [0.05, 0.1) is 12.0 Å². The summed E-state index contributed by atoms with van der Waals surface area (Å²) < 4.78 is 1.95. The number of nitrogens with one attached hydrogen (secondary N) is 1. The van der Waals surface area contributed by atoms with Crippen LogP contribution in [0.25, 0.3) is 0 Å². The van der Waals surface area contributed by atoms with E-state index in [0.29, 0.717) is 6.54 Å². The predicted octanol–water partition coefficient (Wildman–Crippen LogP) is 1.19. The highest BCUT2D eigenvalue weighted by Gasteiger charge is 2.36. The third-order valence-electron chi connectivity index (χ3n) is 3.76. The van der Waals surface area contributed by atoms with Crippen LogP contribution in [0.2, 0.25) is 0 Å². The van der Waals surface area contributed by atoms with Crippen molar-refractivity contribution >= 4 is 18.3 Å². The van der Waals surface area contributed by atoms with Crippen molar-refractivity contribution < 1.29 is 4.79 Å². The Labute approximate surface area is 120 Å². The molecule has 19 heavy (non-hydrogen) atoms. The molecule has 6 heteroatoms. The quantitative estimate of drug-likeness (QED) is 0.908. The molecular weight excluding hydrogens is 264 g/mol. The normalized spacial score (nSPS) is 22.7. The Morgan fingerprint density at radius 2 is 2.37 bits per heavy atom. The number of carbonyl (C=O) groups excluding carboxylic acids is 1. The predicted molar refractivity (Wildman–Crippen MR) is 77.1 cm³/mol. The van der Waals surface area contributed by atoms with E-state index in [4.69, 9.17) is 0 Å². The molecule has 5 nitrogen and oxygen atoms in total. The van der Waals surface area contributed by atoms with E-state index in [2.05, 4.69) is 17.2 Å². The highest BCUT2D eigenvalue weighted by Crippen LogP contribution is 2.27. The van der Waals surface area contributed by atoms with Gasteiger partial charge in [0.1, 0.15) is 5.82 Å². The highest BCUT2D eigenvalue weighted by molar-refractivity contribution is 5.85. The molecule has 0 aromatic carbocycles. The molecule has 0 radical (unpaired) electrons. The molecule has 1 N–H and O–H groups in total. The van der Waals surface area contributed by atoms with Crippen LogP contribution in [0.4, 0.5) is 0 Å². The van der Waals surface area contributed by atoms with Crippen LogP contribution < -0.4 is 5.32 Å². The zero-order valence-corrected chi connectivity index (χ0v) is 12.7. The zero-order valence-electron chi connectivity index (χ0n) is 11.8. The average molecular weight is 287 g/mol. The van der Waals surface area contributed by atoms with Gasteiger partial charge < -0.3 is 14.8 Å². The van der Waals surface area contributed by atoms with Crippen molar-refractivity contribution in [2.45, 2.75) is 26.3 Å². The molecule has 1 aliphatic heterocycles. The van der Waals surface area contributed by atoms with E-state index in [-0.39, 0.29) is 23.7 Å². The number of piperidine rings is 1. The molecule has 0 spiro atoms. The molecular formula is C13H23ClN4O. The largest absolute Gasteiger partial charge is 0.338 e. The SMILES string of the molecule is CN(Cc1nccn1C)C(=O)C1(C)CCCNC1.Cl. The highest BCUT2D eigenvalue weighted by atomic mass is 35.5. The van der Waals surface area contributed by atoms with Crippen molar-refractivity contribution in [1.29, 1.82) is 0 Å². The zero-order chi connectivity index (χ0) is 13.2. The van der Waals surface area contributed by atoms with Gasteiger partial charge in [-0.05, 0) is 26.3 Å². The number of nitrogens with zero attached hydrogens (tertiary/aromatic N) is 3. The number of amides is 1. The lowest BCUT2D eigenvalue weighted by atomic mass is 9.81. The van der Waals surface area contributed by atoms with Crippen LogP contribution in [0.15, 0.2) is 12.4 Å². The lowest BCUT2D eigenvalue weighted by Crippen LogP contribution is -2.49. The first-order valence-corrected chi connectivity index (χ1v) is 6.45.